The van der Waals surface area contributed by atoms with Crippen LogP contribution in [-0.2, 0) is 96.1 Å². The van der Waals surface area contributed by atoms with E-state index in [0.717, 1.165) is 69.2 Å². The standard InChI is InChI=1S/C78H84O34/c1-31(67(79)80)55-19-44-14-46-22-60(106-36(6)72(89)90)48(24-58(46)104-34(4)70(85)86)16-50-26-64(110-40(10)76(97)98)52(28-62(50)108-38(8)74(93)94)18-54-30-65(111-41(11)77(99)100)53(29-66(54)112-42(12)78(101)102)17-51-27-61(107-37(7)73(91)92)49(25-63(51)109-39(9)75(95)96)15-47-23-57(103-33(3)69(83)84)45(21-59(47)105-35(5)71(87)88)13-43(55)20-56(44)32(2)68(81)82/h19-42H,13-18H2,1-12H3,(H,79,80)(H,81,82)(H,83,84)(H,85,86)(H,87,88)(H,89,90)(H,91,92)(H,93,94)(H,95,96)(H,97,98)(H,99,100)(H,101,102). The van der Waals surface area contributed by atoms with Crippen molar-refractivity contribution in [1.29, 1.82) is 0 Å². The molecule has 0 aliphatic heterocycles. The maximum absolute atomic E-state index is 13.4. The van der Waals surface area contributed by atoms with E-state index in [4.69, 9.17) is 47.4 Å². The summed E-state index contributed by atoms with van der Waals surface area (Å²) in [5.41, 5.74) is -1.07. The Morgan fingerprint density at radius 1 is 0.188 bits per heavy atom. The molecule has 0 saturated carbocycles. The molecule has 0 saturated heterocycles. The maximum Gasteiger partial charge on any atom is 0.344 e. The van der Waals surface area contributed by atoms with Crippen LogP contribution < -0.4 is 47.4 Å². The first kappa shape index (κ1) is 86.2. The van der Waals surface area contributed by atoms with E-state index in [2.05, 4.69) is 0 Å². The van der Waals surface area contributed by atoms with Crippen LogP contribution in [0.1, 0.15) is 173 Å². The molecule has 6 aromatic rings. The largest absolute Gasteiger partial charge is 0.481 e. The summed E-state index contributed by atoms with van der Waals surface area (Å²) in [5, 5.41) is 126. The van der Waals surface area contributed by atoms with E-state index in [1.165, 1.54) is 86.6 Å². The Balaban J connectivity index is 1.77. The molecule has 600 valence electrons. The van der Waals surface area contributed by atoms with E-state index >= 15 is 0 Å². The molecule has 112 heavy (non-hydrogen) atoms. The lowest BCUT2D eigenvalue weighted by molar-refractivity contribution is -0.145. The van der Waals surface area contributed by atoms with Gasteiger partial charge in [-0.05, 0) is 166 Å². The lowest BCUT2D eigenvalue weighted by atomic mass is 9.82. The smallest absolute Gasteiger partial charge is 0.344 e. The third kappa shape index (κ3) is 21.7. The quantitative estimate of drug-likeness (QED) is 0.0180. The molecule has 0 heterocycles. The van der Waals surface area contributed by atoms with Gasteiger partial charge in [-0.15, -0.1) is 0 Å². The van der Waals surface area contributed by atoms with Crippen molar-refractivity contribution < 1.29 is 166 Å². The van der Waals surface area contributed by atoms with Crippen LogP contribution in [0.3, 0.4) is 0 Å². The SMILES string of the molecule is CC(Oc1cc2c(OC(C)C(=O)O)cc1Cc1cc(OC(C)C(=O)O)c(cc1OC(C)C(=O)O)Cc1cc(OC(C)C(=O)O)c(cc1OC(C)C(=O)O)Cc1cc(C(C)C(=O)O)c(cc1C(C)C(=O)O)Cc1cc(OC(C)C(=O)O)c(cc1OC(C)C(=O)O)Cc1cc(OC(C)C(=O)O)c(cc1OC(C)C(=O)O)C2)C(=O)O. The van der Waals surface area contributed by atoms with Gasteiger partial charge in [-0.3, -0.25) is 9.59 Å². The second-order valence-corrected chi connectivity index (χ2v) is 26.8. The van der Waals surface area contributed by atoms with Crippen LogP contribution in [0.2, 0.25) is 0 Å². The molecule has 34 heteroatoms. The Morgan fingerprint density at radius 3 is 0.393 bits per heavy atom. The zero-order chi connectivity index (χ0) is 83.5. The Kier molecular flexibility index (Phi) is 28.1. The molecular weight excluding hydrogens is 1480 g/mol. The average molecular weight is 1570 g/mol. The highest BCUT2D eigenvalue weighted by Crippen LogP contribution is 2.45. The van der Waals surface area contributed by atoms with Gasteiger partial charge in [0.05, 0.1) is 11.8 Å². The Labute approximate surface area is 638 Å². The van der Waals surface area contributed by atoms with Gasteiger partial charge < -0.3 is 109 Å². The number of carboxylic acid groups (broad SMARTS) is 12. The van der Waals surface area contributed by atoms with Crippen LogP contribution in [0.15, 0.2) is 72.8 Å². The second-order valence-electron chi connectivity index (χ2n) is 26.8. The molecular formula is C78H84O34. The van der Waals surface area contributed by atoms with Crippen LogP contribution in [0, 0.1) is 0 Å². The fraction of sp³-hybridized carbons (Fsp3) is 0.385. The van der Waals surface area contributed by atoms with Crippen LogP contribution in [0.5, 0.6) is 57.5 Å². The molecule has 12 N–H and O–H groups in total. The molecule has 0 fully saturated rings. The Bertz CT molecular complexity index is 4400. The van der Waals surface area contributed by atoms with Crippen molar-refractivity contribution in [3.05, 3.63) is 151 Å². The van der Waals surface area contributed by atoms with Gasteiger partial charge in [0.2, 0.25) is 0 Å². The van der Waals surface area contributed by atoms with E-state index in [9.17, 15) is 119 Å². The van der Waals surface area contributed by atoms with Gasteiger partial charge in [0.25, 0.3) is 0 Å². The monoisotopic (exact) mass is 1560 g/mol. The summed E-state index contributed by atoms with van der Waals surface area (Å²) in [6.07, 6.45) is -20.8. The maximum atomic E-state index is 13.4. The molecule has 0 aromatic heterocycles. The number of benzene rings is 6. The third-order valence-electron chi connectivity index (χ3n) is 18.1. The molecule has 12 atom stereocenters. The summed E-state index contributed by atoms with van der Waals surface area (Å²) >= 11 is 0. The number of ether oxygens (including phenoxy) is 10. The number of hydrogen-bond acceptors (Lipinski definition) is 22. The van der Waals surface area contributed by atoms with Crippen molar-refractivity contribution in [3.8, 4) is 57.5 Å². The predicted molar refractivity (Wildman–Crippen MR) is 385 cm³/mol. The second kappa shape index (κ2) is 36.4. The van der Waals surface area contributed by atoms with E-state index in [0.29, 0.717) is 0 Å². The van der Waals surface area contributed by atoms with Crippen molar-refractivity contribution in [2.75, 3.05) is 0 Å². The zero-order valence-corrected chi connectivity index (χ0v) is 62.4. The molecule has 34 nitrogen and oxygen atoms in total. The minimum absolute atomic E-state index is 0.0196. The third-order valence-corrected chi connectivity index (χ3v) is 18.1. The first-order valence-electron chi connectivity index (χ1n) is 34.7. The van der Waals surface area contributed by atoms with E-state index in [-0.39, 0.29) is 135 Å². The molecule has 22 rings (SSSR count). The van der Waals surface area contributed by atoms with Crippen molar-refractivity contribution in [3.63, 3.8) is 0 Å². The van der Waals surface area contributed by atoms with Crippen molar-refractivity contribution in [2.45, 2.75) is 194 Å². The fourth-order valence-electron chi connectivity index (χ4n) is 11.4. The molecule has 0 spiro atoms. The van der Waals surface area contributed by atoms with Crippen LogP contribution in [-0.4, -0.2) is 194 Å². The Morgan fingerprint density at radius 2 is 0.295 bits per heavy atom. The molecule has 12 unspecified atom stereocenters. The van der Waals surface area contributed by atoms with E-state index in [1.807, 2.05) is 0 Å². The first-order chi connectivity index (χ1) is 52.3. The number of rotatable bonds is 34. The van der Waals surface area contributed by atoms with Gasteiger partial charge in [0.15, 0.2) is 61.0 Å². The topological polar surface area (TPSA) is 540 Å². The fourth-order valence-corrected chi connectivity index (χ4v) is 11.4. The molecule has 12 bridgehead atoms. The lowest BCUT2D eigenvalue weighted by Crippen LogP contribution is -2.26. The van der Waals surface area contributed by atoms with E-state index < -0.39 is 183 Å². The molecule has 6 aromatic carbocycles. The minimum Gasteiger partial charge on any atom is -0.481 e. The summed E-state index contributed by atoms with van der Waals surface area (Å²) < 4.78 is 61.4. The van der Waals surface area contributed by atoms with Gasteiger partial charge in [-0.2, -0.15) is 0 Å². The van der Waals surface area contributed by atoms with E-state index in [1.54, 1.807) is 0 Å². The van der Waals surface area contributed by atoms with Crippen LogP contribution >= 0.6 is 0 Å². The number of aliphatic carboxylic acids is 12. The van der Waals surface area contributed by atoms with Gasteiger partial charge in [0, 0.05) is 94.2 Å². The summed E-state index contributed by atoms with van der Waals surface area (Å²) in [6, 6.07) is 14.8. The summed E-state index contributed by atoms with van der Waals surface area (Å²) in [5.74, 6) is -24.7. The van der Waals surface area contributed by atoms with Gasteiger partial charge >= 0.3 is 71.6 Å². The number of hydrogen-bond donors (Lipinski definition) is 12. The normalized spacial score (nSPS) is 15.2. The average Bonchev–Trinajstić information content (AvgIpc) is 0.783. The zero-order valence-electron chi connectivity index (χ0n) is 62.4. The summed E-state index contributed by atoms with van der Waals surface area (Å²) in [6.45, 7) is 13.8. The van der Waals surface area contributed by atoms with Crippen molar-refractivity contribution in [1.82, 2.24) is 0 Å². The molecule has 0 amide bonds. The summed E-state index contributed by atoms with van der Waals surface area (Å²) in [4.78, 5) is 155. The van der Waals surface area contributed by atoms with Crippen molar-refractivity contribution >= 4 is 71.6 Å². The molecule has 16 aliphatic carbocycles. The van der Waals surface area contributed by atoms with Gasteiger partial charge in [-0.25, -0.2) is 47.9 Å². The van der Waals surface area contributed by atoms with Crippen LogP contribution in [0.4, 0.5) is 0 Å². The van der Waals surface area contributed by atoms with Gasteiger partial charge in [-0.1, -0.05) is 12.1 Å². The summed E-state index contributed by atoms with van der Waals surface area (Å²) in [7, 11) is 0. The highest BCUT2D eigenvalue weighted by molar-refractivity contribution is 5.81. The first-order valence-corrected chi connectivity index (χ1v) is 34.7. The van der Waals surface area contributed by atoms with Crippen molar-refractivity contribution in [2.24, 2.45) is 0 Å². The van der Waals surface area contributed by atoms with Crippen LogP contribution in [0.25, 0.3) is 0 Å². The molecule has 0 radical (unpaired) electrons. The van der Waals surface area contributed by atoms with Gasteiger partial charge in [0.1, 0.15) is 57.5 Å². The lowest BCUT2D eigenvalue weighted by Gasteiger charge is -2.26. The Hall–Kier alpha value is -13.0. The predicted octanol–water partition coefficient (Wildman–Crippen LogP) is 8.44. The minimum atomic E-state index is -1.75. The highest BCUT2D eigenvalue weighted by Gasteiger charge is 2.34. The highest BCUT2D eigenvalue weighted by atomic mass is 16.6. The number of carboxylic acids is 12. The molecule has 16 aliphatic rings. The number of carbonyl (C=O) groups is 12.